The molecule has 0 aromatic carbocycles. The van der Waals surface area contributed by atoms with Crippen molar-refractivity contribution in [1.29, 1.82) is 0 Å². The summed E-state index contributed by atoms with van der Waals surface area (Å²) in [4.78, 5) is 4.46. The van der Waals surface area contributed by atoms with Crippen LogP contribution in [0.15, 0.2) is 4.42 Å². The van der Waals surface area contributed by atoms with Crippen LogP contribution < -0.4 is 10.2 Å². The van der Waals surface area contributed by atoms with Crippen LogP contribution in [0.4, 0.5) is 6.01 Å². The Morgan fingerprint density at radius 3 is 2.95 bits per heavy atom. The first kappa shape index (κ1) is 14.3. The molecule has 6 heteroatoms. The molecule has 108 valence electrons. The molecule has 1 aromatic heterocycles. The average molecular weight is 267 g/mol. The van der Waals surface area contributed by atoms with Crippen LogP contribution >= 0.6 is 0 Å². The highest BCUT2D eigenvalue weighted by Crippen LogP contribution is 2.26. The molecule has 0 amide bonds. The fourth-order valence-electron chi connectivity index (χ4n) is 2.61. The van der Waals surface area contributed by atoms with Gasteiger partial charge in [0.05, 0.1) is 6.04 Å². The van der Waals surface area contributed by atoms with Gasteiger partial charge in [0.25, 0.3) is 0 Å². The maximum absolute atomic E-state index is 5.82. The lowest BCUT2D eigenvalue weighted by Crippen LogP contribution is -2.37. The molecule has 0 saturated carbocycles. The quantitative estimate of drug-likeness (QED) is 0.837. The first-order chi connectivity index (χ1) is 9.11. The van der Waals surface area contributed by atoms with E-state index in [0.29, 0.717) is 17.9 Å². The minimum Gasteiger partial charge on any atom is -0.406 e. The fraction of sp³-hybridized carbons (Fsp3) is 0.846. The van der Waals surface area contributed by atoms with Gasteiger partial charge in [0.15, 0.2) is 0 Å². The summed E-state index contributed by atoms with van der Waals surface area (Å²) >= 11 is 0. The molecule has 2 unspecified atom stereocenters. The van der Waals surface area contributed by atoms with E-state index in [1.165, 1.54) is 12.8 Å². The fourth-order valence-corrected chi connectivity index (χ4v) is 2.61. The van der Waals surface area contributed by atoms with Crippen molar-refractivity contribution in [2.24, 2.45) is 0 Å². The minimum atomic E-state index is 0.112. The van der Waals surface area contributed by atoms with Crippen molar-refractivity contribution in [1.82, 2.24) is 20.4 Å². The van der Waals surface area contributed by atoms with Gasteiger partial charge in [0.2, 0.25) is 5.89 Å². The normalized spacial score (nSPS) is 21.3. The summed E-state index contributed by atoms with van der Waals surface area (Å²) < 4.78 is 5.82. The average Bonchev–Trinajstić information content (AvgIpc) is 2.96. The van der Waals surface area contributed by atoms with E-state index in [1.807, 2.05) is 6.92 Å². The molecule has 1 aliphatic rings. The molecule has 1 aliphatic heterocycles. The lowest BCUT2D eigenvalue weighted by Gasteiger charge is -2.25. The van der Waals surface area contributed by atoms with Crippen LogP contribution in [0, 0.1) is 0 Å². The number of hydrogen-bond acceptors (Lipinski definition) is 6. The number of aromatic nitrogens is 2. The maximum atomic E-state index is 5.82. The molecule has 2 rings (SSSR count). The maximum Gasteiger partial charge on any atom is 0.318 e. The van der Waals surface area contributed by atoms with Gasteiger partial charge in [0, 0.05) is 19.1 Å². The molecule has 1 aromatic rings. The molecule has 1 saturated heterocycles. The molecule has 0 radical (unpaired) electrons. The van der Waals surface area contributed by atoms with Gasteiger partial charge in [-0.15, -0.1) is 5.10 Å². The second-order valence-electron chi connectivity index (χ2n) is 5.45. The van der Waals surface area contributed by atoms with Gasteiger partial charge in [-0.3, -0.25) is 0 Å². The van der Waals surface area contributed by atoms with Gasteiger partial charge in [0.1, 0.15) is 0 Å². The molecule has 0 aliphatic carbocycles. The van der Waals surface area contributed by atoms with Gasteiger partial charge in [-0.25, -0.2) is 0 Å². The van der Waals surface area contributed by atoms with E-state index in [2.05, 4.69) is 46.3 Å². The summed E-state index contributed by atoms with van der Waals surface area (Å²) in [6.07, 6.45) is 2.39. The third-order valence-corrected chi connectivity index (χ3v) is 3.51. The zero-order valence-electron chi connectivity index (χ0n) is 12.4. The second-order valence-corrected chi connectivity index (χ2v) is 5.45. The van der Waals surface area contributed by atoms with Crippen molar-refractivity contribution < 1.29 is 4.42 Å². The van der Waals surface area contributed by atoms with Crippen molar-refractivity contribution in [3.05, 3.63) is 5.89 Å². The second kappa shape index (κ2) is 6.34. The van der Waals surface area contributed by atoms with Gasteiger partial charge < -0.3 is 19.5 Å². The largest absolute Gasteiger partial charge is 0.406 e. The van der Waals surface area contributed by atoms with Gasteiger partial charge >= 0.3 is 6.01 Å². The monoisotopic (exact) mass is 267 g/mol. The van der Waals surface area contributed by atoms with Crippen LogP contribution in [0.2, 0.25) is 0 Å². The topological polar surface area (TPSA) is 57.4 Å². The molecule has 2 atom stereocenters. The van der Waals surface area contributed by atoms with Crippen molar-refractivity contribution in [3.8, 4) is 0 Å². The summed E-state index contributed by atoms with van der Waals surface area (Å²) in [5, 5.41) is 11.7. The zero-order valence-corrected chi connectivity index (χ0v) is 12.4. The van der Waals surface area contributed by atoms with Crippen molar-refractivity contribution in [2.45, 2.75) is 38.8 Å². The summed E-state index contributed by atoms with van der Waals surface area (Å²) in [5.41, 5.74) is 0. The molecule has 2 heterocycles. The zero-order chi connectivity index (χ0) is 13.8. The standard InChI is InChI=1S/C13H25N5O/c1-5-14-10(2)12-15-16-13(19-12)18-8-6-7-11(18)9-17(3)4/h10-11,14H,5-9H2,1-4H3. The third-order valence-electron chi connectivity index (χ3n) is 3.51. The predicted molar refractivity (Wildman–Crippen MR) is 75.3 cm³/mol. The molecule has 0 spiro atoms. The molecular formula is C13H25N5O. The van der Waals surface area contributed by atoms with E-state index in [9.17, 15) is 0 Å². The Bertz CT molecular complexity index is 392. The Morgan fingerprint density at radius 2 is 2.26 bits per heavy atom. The molecule has 1 fully saturated rings. The summed E-state index contributed by atoms with van der Waals surface area (Å²) in [5.74, 6) is 0.673. The summed E-state index contributed by atoms with van der Waals surface area (Å²) in [6, 6.07) is 1.27. The van der Waals surface area contributed by atoms with Crippen LogP contribution in [0.3, 0.4) is 0 Å². The van der Waals surface area contributed by atoms with E-state index in [4.69, 9.17) is 4.42 Å². The number of likely N-dealkylation sites (N-methyl/N-ethyl adjacent to an activating group) is 1. The lowest BCUT2D eigenvalue weighted by molar-refractivity contribution is 0.359. The molecule has 19 heavy (non-hydrogen) atoms. The smallest absolute Gasteiger partial charge is 0.318 e. The lowest BCUT2D eigenvalue weighted by atomic mass is 10.2. The molecule has 6 nitrogen and oxygen atoms in total. The summed E-state index contributed by atoms with van der Waals surface area (Å²) in [6.45, 7) is 7.05. The van der Waals surface area contributed by atoms with Gasteiger partial charge in [-0.2, -0.15) is 0 Å². The van der Waals surface area contributed by atoms with E-state index >= 15 is 0 Å². The van der Waals surface area contributed by atoms with Crippen LogP contribution in [0.5, 0.6) is 0 Å². The predicted octanol–water partition coefficient (Wildman–Crippen LogP) is 1.27. The van der Waals surface area contributed by atoms with E-state index in [-0.39, 0.29) is 6.04 Å². The number of anilines is 1. The molecule has 0 bridgehead atoms. The highest BCUT2D eigenvalue weighted by Gasteiger charge is 2.29. The Morgan fingerprint density at radius 1 is 1.47 bits per heavy atom. The highest BCUT2D eigenvalue weighted by atomic mass is 16.4. The van der Waals surface area contributed by atoms with Gasteiger partial charge in [-0.1, -0.05) is 12.0 Å². The van der Waals surface area contributed by atoms with E-state index < -0.39 is 0 Å². The molecule has 1 N–H and O–H groups in total. The van der Waals surface area contributed by atoms with Crippen molar-refractivity contribution in [3.63, 3.8) is 0 Å². The number of hydrogen-bond donors (Lipinski definition) is 1. The van der Waals surface area contributed by atoms with Crippen LogP contribution in [0.1, 0.15) is 38.6 Å². The molecular weight excluding hydrogens is 242 g/mol. The van der Waals surface area contributed by atoms with Crippen molar-refractivity contribution >= 4 is 6.01 Å². The number of nitrogens with zero attached hydrogens (tertiary/aromatic N) is 4. The Labute approximate surface area is 115 Å². The Balaban J connectivity index is 2.04. The number of nitrogens with one attached hydrogen (secondary N) is 1. The SMILES string of the molecule is CCNC(C)c1nnc(N2CCCC2CN(C)C)o1. The first-order valence-corrected chi connectivity index (χ1v) is 7.10. The minimum absolute atomic E-state index is 0.112. The van der Waals surface area contributed by atoms with E-state index in [0.717, 1.165) is 19.6 Å². The van der Waals surface area contributed by atoms with E-state index in [1.54, 1.807) is 0 Å². The van der Waals surface area contributed by atoms with Crippen LogP contribution in [-0.2, 0) is 0 Å². The summed E-state index contributed by atoms with van der Waals surface area (Å²) in [7, 11) is 4.20. The first-order valence-electron chi connectivity index (χ1n) is 7.10. The Hall–Kier alpha value is -1.14. The Kier molecular flexibility index (Phi) is 4.76. The van der Waals surface area contributed by atoms with Crippen LogP contribution in [0.25, 0.3) is 0 Å². The van der Waals surface area contributed by atoms with Crippen LogP contribution in [-0.4, -0.2) is 54.9 Å². The highest BCUT2D eigenvalue weighted by molar-refractivity contribution is 5.29. The van der Waals surface area contributed by atoms with Gasteiger partial charge in [-0.05, 0) is 40.4 Å². The van der Waals surface area contributed by atoms with Crippen molar-refractivity contribution in [2.75, 3.05) is 38.6 Å². The third kappa shape index (κ3) is 3.45. The number of rotatable bonds is 6.